The van der Waals surface area contributed by atoms with E-state index in [0.29, 0.717) is 0 Å². The minimum absolute atomic E-state index is 0.907. The quantitative estimate of drug-likeness (QED) is 0.533. The summed E-state index contributed by atoms with van der Waals surface area (Å²) >= 11 is 0. The van der Waals surface area contributed by atoms with E-state index in [0.717, 1.165) is 10.9 Å². The van der Waals surface area contributed by atoms with Crippen LogP contribution in [0, 0.1) is 12.1 Å². The van der Waals surface area contributed by atoms with E-state index in [9.17, 15) is 0 Å². The van der Waals surface area contributed by atoms with Crippen molar-refractivity contribution < 1.29 is 0 Å². The topological polar surface area (TPSA) is 25.8 Å². The van der Waals surface area contributed by atoms with Crippen LogP contribution in [-0.4, -0.2) is 9.97 Å². The number of nitrogens with zero attached hydrogens (tertiary/aromatic N) is 2. The monoisotopic (exact) mass is 128 g/mol. The maximum absolute atomic E-state index is 4.05. The highest BCUT2D eigenvalue weighted by atomic mass is 14.7. The Labute approximate surface area is 58.6 Å². The van der Waals surface area contributed by atoms with Crippen molar-refractivity contribution in [3.8, 4) is 0 Å². The van der Waals surface area contributed by atoms with Crippen LogP contribution in [0.1, 0.15) is 0 Å². The highest BCUT2D eigenvalue weighted by molar-refractivity contribution is 5.75. The van der Waals surface area contributed by atoms with Crippen LogP contribution in [0.4, 0.5) is 0 Å². The molecule has 0 fully saturated rings. The summed E-state index contributed by atoms with van der Waals surface area (Å²) in [6, 6.07) is 7.51. The fourth-order valence-electron chi connectivity index (χ4n) is 0.808. The Kier molecular flexibility index (Phi) is 1.10. The summed E-state index contributed by atoms with van der Waals surface area (Å²) < 4.78 is 0. The molecule has 0 amide bonds. The minimum Gasteiger partial charge on any atom is -0.264 e. The van der Waals surface area contributed by atoms with Crippen molar-refractivity contribution in [2.75, 3.05) is 0 Å². The number of hydrogen-bond acceptors (Lipinski definition) is 2. The third kappa shape index (κ3) is 0.739. The molecule has 2 nitrogen and oxygen atoms in total. The zero-order valence-corrected chi connectivity index (χ0v) is 5.20. The van der Waals surface area contributed by atoms with Crippen LogP contribution in [0.2, 0.25) is 0 Å². The van der Waals surface area contributed by atoms with Crippen molar-refractivity contribution in [1.82, 2.24) is 9.97 Å². The maximum Gasteiger partial charge on any atom is 0.0739 e. The van der Waals surface area contributed by atoms with E-state index < -0.39 is 0 Å². The van der Waals surface area contributed by atoms with Crippen molar-refractivity contribution in [1.29, 1.82) is 0 Å². The van der Waals surface area contributed by atoms with Crippen molar-refractivity contribution >= 4 is 10.9 Å². The molecule has 2 heteroatoms. The molecular weight excluding hydrogens is 124 g/mol. The molecule has 0 aliphatic rings. The van der Waals surface area contributed by atoms with Gasteiger partial charge in [-0.3, -0.25) is 9.97 Å². The first-order valence-corrected chi connectivity index (χ1v) is 2.95. The molecule has 2 radical (unpaired) electrons. The minimum atomic E-state index is 0.907. The summed E-state index contributed by atoms with van der Waals surface area (Å²) in [5, 5.41) is 0.907. The second kappa shape index (κ2) is 2.06. The predicted octanol–water partition coefficient (Wildman–Crippen LogP) is 1.23. The van der Waals surface area contributed by atoms with Gasteiger partial charge in [-0.15, -0.1) is 0 Å². The van der Waals surface area contributed by atoms with Gasteiger partial charge in [0.15, 0.2) is 0 Å². The molecular formula is C8H4N2. The average Bonchev–Trinajstić information content (AvgIpc) is 2.05. The molecule has 46 valence electrons. The van der Waals surface area contributed by atoms with Crippen LogP contribution in [0.25, 0.3) is 10.9 Å². The SMILES string of the molecule is [c]1[c]c2cnccc2nc1. The van der Waals surface area contributed by atoms with Gasteiger partial charge in [-0.1, -0.05) is 0 Å². The van der Waals surface area contributed by atoms with Gasteiger partial charge >= 0.3 is 0 Å². The highest BCUT2D eigenvalue weighted by Crippen LogP contribution is 2.04. The van der Waals surface area contributed by atoms with Crippen LogP contribution in [-0.2, 0) is 0 Å². The average molecular weight is 128 g/mol. The van der Waals surface area contributed by atoms with E-state index in [1.165, 1.54) is 0 Å². The van der Waals surface area contributed by atoms with E-state index in [2.05, 4.69) is 22.1 Å². The molecule has 2 heterocycles. The van der Waals surface area contributed by atoms with Crippen molar-refractivity contribution in [3.63, 3.8) is 0 Å². The zero-order valence-electron chi connectivity index (χ0n) is 5.20. The molecule has 10 heavy (non-hydrogen) atoms. The standard InChI is InChI=1S/C8H4N2/c1-2-7-6-9-5-3-8(7)10-4-1/h3-6H. The lowest BCUT2D eigenvalue weighted by atomic mass is 10.3. The second-order valence-electron chi connectivity index (χ2n) is 1.92. The number of fused-ring (bicyclic) bond motifs is 1. The Morgan fingerprint density at radius 2 is 2.40 bits per heavy atom. The van der Waals surface area contributed by atoms with Crippen LogP contribution in [0.15, 0.2) is 24.7 Å². The van der Waals surface area contributed by atoms with Gasteiger partial charge in [-0.25, -0.2) is 0 Å². The molecule has 0 N–H and O–H groups in total. The molecule has 0 saturated carbocycles. The lowest BCUT2D eigenvalue weighted by Crippen LogP contribution is -1.77. The summed E-state index contributed by atoms with van der Waals surface area (Å²) in [6.07, 6.45) is 5.03. The smallest absolute Gasteiger partial charge is 0.0739 e. The molecule has 0 aromatic carbocycles. The molecule has 0 saturated heterocycles. The molecule has 0 aliphatic heterocycles. The largest absolute Gasteiger partial charge is 0.264 e. The normalized spacial score (nSPS) is 10.0. The Hall–Kier alpha value is -1.44. The maximum atomic E-state index is 4.05. The lowest BCUT2D eigenvalue weighted by molar-refractivity contribution is 1.32. The zero-order chi connectivity index (χ0) is 6.81. The van der Waals surface area contributed by atoms with Crippen LogP contribution < -0.4 is 0 Å². The Bertz CT molecular complexity index is 278. The first-order chi connectivity index (χ1) is 4.97. The van der Waals surface area contributed by atoms with Crippen molar-refractivity contribution in [2.24, 2.45) is 0 Å². The van der Waals surface area contributed by atoms with Gasteiger partial charge in [0.25, 0.3) is 0 Å². The van der Waals surface area contributed by atoms with E-state index >= 15 is 0 Å². The fraction of sp³-hybridized carbons (Fsp3) is 0. The first kappa shape index (κ1) is 5.35. The van der Waals surface area contributed by atoms with E-state index in [1.54, 1.807) is 18.6 Å². The summed E-state index contributed by atoms with van der Waals surface area (Å²) in [7, 11) is 0. The fourth-order valence-corrected chi connectivity index (χ4v) is 0.808. The Morgan fingerprint density at radius 3 is 3.30 bits per heavy atom. The highest BCUT2D eigenvalue weighted by Gasteiger charge is 1.88. The summed E-state index contributed by atoms with van der Waals surface area (Å²) in [4.78, 5) is 7.98. The number of pyridine rings is 2. The summed E-state index contributed by atoms with van der Waals surface area (Å²) in [5.41, 5.74) is 0.911. The predicted molar refractivity (Wildman–Crippen MR) is 37.2 cm³/mol. The molecule has 0 spiro atoms. The van der Waals surface area contributed by atoms with Crippen LogP contribution in [0.5, 0.6) is 0 Å². The van der Waals surface area contributed by atoms with Gasteiger partial charge in [0.2, 0.25) is 0 Å². The third-order valence-electron chi connectivity index (χ3n) is 1.27. The lowest BCUT2D eigenvalue weighted by Gasteiger charge is -1.89. The van der Waals surface area contributed by atoms with Gasteiger partial charge in [-0.2, -0.15) is 0 Å². The number of aromatic nitrogens is 2. The molecule has 0 bridgehead atoms. The van der Waals surface area contributed by atoms with E-state index in [1.807, 2.05) is 6.07 Å². The van der Waals surface area contributed by atoms with Crippen LogP contribution in [0.3, 0.4) is 0 Å². The van der Waals surface area contributed by atoms with Crippen LogP contribution >= 0.6 is 0 Å². The molecule has 0 unspecified atom stereocenters. The van der Waals surface area contributed by atoms with Gasteiger partial charge in [0, 0.05) is 36.1 Å². The summed E-state index contributed by atoms with van der Waals surface area (Å²) in [5.74, 6) is 0. The Balaban J connectivity index is 2.89. The van der Waals surface area contributed by atoms with Gasteiger partial charge < -0.3 is 0 Å². The van der Waals surface area contributed by atoms with Crippen molar-refractivity contribution in [2.45, 2.75) is 0 Å². The van der Waals surface area contributed by atoms with E-state index in [4.69, 9.17) is 0 Å². The van der Waals surface area contributed by atoms with Gasteiger partial charge in [0.1, 0.15) is 0 Å². The molecule has 0 aliphatic carbocycles. The van der Waals surface area contributed by atoms with Crippen molar-refractivity contribution in [3.05, 3.63) is 36.8 Å². The summed E-state index contributed by atoms with van der Waals surface area (Å²) in [6.45, 7) is 0. The van der Waals surface area contributed by atoms with Gasteiger partial charge in [0.05, 0.1) is 5.52 Å². The molecule has 2 rings (SSSR count). The van der Waals surface area contributed by atoms with Gasteiger partial charge in [-0.05, 0) is 6.07 Å². The van der Waals surface area contributed by atoms with E-state index in [-0.39, 0.29) is 0 Å². The number of rotatable bonds is 0. The Morgan fingerprint density at radius 1 is 1.40 bits per heavy atom. The molecule has 2 aromatic heterocycles. The number of hydrogen-bond donors (Lipinski definition) is 0. The molecule has 0 atom stereocenters. The second-order valence-corrected chi connectivity index (χ2v) is 1.92. The first-order valence-electron chi connectivity index (χ1n) is 2.95. The molecule has 2 aromatic rings. The third-order valence-corrected chi connectivity index (χ3v) is 1.27.